The Labute approximate surface area is 181 Å². The van der Waals surface area contributed by atoms with Gasteiger partial charge in [-0.3, -0.25) is 4.79 Å². The van der Waals surface area contributed by atoms with Crippen molar-refractivity contribution < 1.29 is 14.3 Å². The minimum atomic E-state index is -0.901. The number of carbonyl (C=O) groups is 2. The number of aromatic nitrogens is 1. The van der Waals surface area contributed by atoms with E-state index in [1.807, 2.05) is 80.6 Å². The summed E-state index contributed by atoms with van der Waals surface area (Å²) in [5, 5.41) is 0.708. The Balaban J connectivity index is 1.72. The fourth-order valence-corrected chi connectivity index (χ4v) is 3.67. The summed E-state index contributed by atoms with van der Waals surface area (Å²) in [5.74, 6) is -0.756. The van der Waals surface area contributed by atoms with E-state index >= 15 is 0 Å². The van der Waals surface area contributed by atoms with Crippen LogP contribution in [0.5, 0.6) is 0 Å². The van der Waals surface area contributed by atoms with E-state index in [0.717, 1.165) is 22.4 Å². The second kappa shape index (κ2) is 8.52. The first-order valence-corrected chi connectivity index (χ1v) is 10.2. The number of aryl methyl sites for hydroxylation is 1. The molecule has 0 saturated carbocycles. The van der Waals surface area contributed by atoms with Gasteiger partial charge in [0.1, 0.15) is 0 Å². The van der Waals surface area contributed by atoms with Crippen LogP contribution < -0.4 is 0 Å². The molecule has 0 spiro atoms. The second-order valence-electron chi connectivity index (χ2n) is 7.62. The van der Waals surface area contributed by atoms with Crippen LogP contribution in [0.15, 0.2) is 78.9 Å². The van der Waals surface area contributed by atoms with E-state index in [2.05, 4.69) is 0 Å². The highest BCUT2D eigenvalue weighted by Gasteiger charge is 2.25. The fourth-order valence-electron chi connectivity index (χ4n) is 3.67. The van der Waals surface area contributed by atoms with Gasteiger partial charge in [0, 0.05) is 16.5 Å². The molecule has 0 radical (unpaired) electrons. The summed E-state index contributed by atoms with van der Waals surface area (Å²) in [5.41, 5.74) is 5.10. The molecule has 0 bridgehead atoms. The molecule has 0 aliphatic heterocycles. The highest BCUT2D eigenvalue weighted by Crippen LogP contribution is 2.30. The summed E-state index contributed by atoms with van der Waals surface area (Å²) >= 11 is 0. The third-order valence-electron chi connectivity index (χ3n) is 5.38. The first-order valence-electron chi connectivity index (χ1n) is 10.2. The highest BCUT2D eigenvalue weighted by molar-refractivity contribution is 6.08. The molecular formula is C27H23NO3. The molecule has 0 aliphatic carbocycles. The zero-order chi connectivity index (χ0) is 22.0. The van der Waals surface area contributed by atoms with Crippen LogP contribution in [0.2, 0.25) is 0 Å². The molecule has 3 aromatic carbocycles. The number of esters is 1. The van der Waals surface area contributed by atoms with Crippen molar-refractivity contribution in [1.82, 2.24) is 4.98 Å². The van der Waals surface area contributed by atoms with Gasteiger partial charge in [-0.15, -0.1) is 0 Å². The Kier molecular flexibility index (Phi) is 5.63. The van der Waals surface area contributed by atoms with E-state index in [1.165, 1.54) is 0 Å². The van der Waals surface area contributed by atoms with Crippen LogP contribution in [0.1, 0.15) is 38.8 Å². The molecule has 1 heterocycles. The summed E-state index contributed by atoms with van der Waals surface area (Å²) in [7, 11) is 0. The first kappa shape index (κ1) is 20.5. The van der Waals surface area contributed by atoms with Gasteiger partial charge in [-0.2, -0.15) is 0 Å². The number of fused-ring (bicyclic) bond motifs is 1. The fraction of sp³-hybridized carbons (Fsp3) is 0.148. The number of ketones is 1. The molecule has 4 heteroatoms. The average Bonchev–Trinajstić information content (AvgIpc) is 2.79. The summed E-state index contributed by atoms with van der Waals surface area (Å²) in [6.07, 6.45) is -0.901. The lowest BCUT2D eigenvalue weighted by atomic mass is 9.97. The van der Waals surface area contributed by atoms with Crippen molar-refractivity contribution in [3.63, 3.8) is 0 Å². The van der Waals surface area contributed by atoms with Crippen LogP contribution in [0.3, 0.4) is 0 Å². The third kappa shape index (κ3) is 4.10. The topological polar surface area (TPSA) is 56.3 Å². The Hall–Kier alpha value is -3.79. The number of carbonyl (C=O) groups excluding carboxylic acids is 2. The summed E-state index contributed by atoms with van der Waals surface area (Å²) in [4.78, 5) is 30.8. The molecule has 154 valence electrons. The maximum Gasteiger partial charge on any atom is 0.339 e. The molecule has 0 unspecified atom stereocenters. The van der Waals surface area contributed by atoms with E-state index < -0.39 is 12.1 Å². The van der Waals surface area contributed by atoms with Gasteiger partial charge < -0.3 is 4.74 Å². The number of rotatable bonds is 5. The lowest BCUT2D eigenvalue weighted by molar-refractivity contribution is 0.0320. The molecule has 4 nitrogen and oxygen atoms in total. The van der Waals surface area contributed by atoms with Gasteiger partial charge in [0.25, 0.3) is 0 Å². The van der Waals surface area contributed by atoms with Crippen molar-refractivity contribution >= 4 is 22.7 Å². The predicted molar refractivity (Wildman–Crippen MR) is 122 cm³/mol. The second-order valence-corrected chi connectivity index (χ2v) is 7.62. The van der Waals surface area contributed by atoms with E-state index in [0.29, 0.717) is 22.0 Å². The maximum absolute atomic E-state index is 13.3. The zero-order valence-corrected chi connectivity index (χ0v) is 17.8. The quantitative estimate of drug-likeness (QED) is 0.302. The molecular weight excluding hydrogens is 386 g/mol. The van der Waals surface area contributed by atoms with Crippen LogP contribution in [-0.2, 0) is 4.74 Å². The Morgan fingerprint density at radius 1 is 0.839 bits per heavy atom. The van der Waals surface area contributed by atoms with Gasteiger partial charge >= 0.3 is 5.97 Å². The molecule has 0 amide bonds. The number of benzene rings is 3. The van der Waals surface area contributed by atoms with Crippen molar-refractivity contribution in [2.75, 3.05) is 0 Å². The standard InChI is InChI=1S/C27H23NO3/c1-17-13-15-21(16-14-17)26(29)19(3)31-27(30)24-18(2)25(20-9-5-4-6-10-20)28-23-12-8-7-11-22(23)24/h4-16,19H,1-3H3/t19-/m0/s1. The Morgan fingerprint density at radius 3 is 2.19 bits per heavy atom. The number of para-hydroxylation sites is 1. The molecule has 0 aliphatic rings. The van der Waals surface area contributed by atoms with Crippen molar-refractivity contribution in [3.05, 3.63) is 101 Å². The normalized spacial score (nSPS) is 11.8. The molecule has 31 heavy (non-hydrogen) atoms. The SMILES string of the molecule is Cc1ccc(C(=O)[C@H](C)OC(=O)c2c(C)c(-c3ccccc3)nc3ccccc23)cc1. The minimum absolute atomic E-state index is 0.229. The van der Waals surface area contributed by atoms with E-state index in [1.54, 1.807) is 19.1 Å². The van der Waals surface area contributed by atoms with Gasteiger partial charge in [0.05, 0.1) is 16.8 Å². The van der Waals surface area contributed by atoms with Crippen LogP contribution >= 0.6 is 0 Å². The van der Waals surface area contributed by atoms with Crippen molar-refractivity contribution in [2.45, 2.75) is 26.9 Å². The van der Waals surface area contributed by atoms with Crippen LogP contribution in [0.4, 0.5) is 0 Å². The summed E-state index contributed by atoms with van der Waals surface area (Å²) < 4.78 is 5.65. The highest BCUT2D eigenvalue weighted by atomic mass is 16.5. The number of Topliss-reactive ketones (excluding diaryl/α,β-unsaturated/α-hetero) is 1. The zero-order valence-electron chi connectivity index (χ0n) is 17.8. The first-order chi connectivity index (χ1) is 15.0. The molecule has 0 N–H and O–H groups in total. The molecule has 1 atom stereocenters. The van der Waals surface area contributed by atoms with Crippen molar-refractivity contribution in [3.8, 4) is 11.3 Å². The maximum atomic E-state index is 13.3. The number of hydrogen-bond acceptors (Lipinski definition) is 4. The van der Waals surface area contributed by atoms with Crippen LogP contribution in [0, 0.1) is 13.8 Å². The van der Waals surface area contributed by atoms with E-state index in [-0.39, 0.29) is 5.78 Å². The van der Waals surface area contributed by atoms with Gasteiger partial charge in [-0.25, -0.2) is 9.78 Å². The molecule has 0 fully saturated rings. The Bertz CT molecular complexity index is 1260. The van der Waals surface area contributed by atoms with Gasteiger partial charge in [-0.05, 0) is 32.4 Å². The number of nitrogens with zero attached hydrogens (tertiary/aromatic N) is 1. The number of hydrogen-bond donors (Lipinski definition) is 0. The lowest BCUT2D eigenvalue weighted by Crippen LogP contribution is -2.25. The van der Waals surface area contributed by atoms with Crippen LogP contribution in [-0.4, -0.2) is 22.8 Å². The average molecular weight is 409 g/mol. The van der Waals surface area contributed by atoms with Crippen molar-refractivity contribution in [1.29, 1.82) is 0 Å². The molecule has 0 saturated heterocycles. The van der Waals surface area contributed by atoms with Gasteiger partial charge in [0.15, 0.2) is 6.10 Å². The van der Waals surface area contributed by atoms with Gasteiger partial charge in [0.2, 0.25) is 5.78 Å². The smallest absolute Gasteiger partial charge is 0.339 e. The largest absolute Gasteiger partial charge is 0.451 e. The minimum Gasteiger partial charge on any atom is -0.451 e. The van der Waals surface area contributed by atoms with Gasteiger partial charge in [-0.1, -0.05) is 78.4 Å². The molecule has 1 aromatic heterocycles. The summed E-state index contributed by atoms with van der Waals surface area (Å²) in [6, 6.07) is 24.5. The number of pyridine rings is 1. The Morgan fingerprint density at radius 2 is 1.48 bits per heavy atom. The number of ether oxygens (including phenoxy) is 1. The molecule has 4 rings (SSSR count). The third-order valence-corrected chi connectivity index (χ3v) is 5.38. The molecule has 4 aromatic rings. The lowest BCUT2D eigenvalue weighted by Gasteiger charge is -2.17. The summed E-state index contributed by atoms with van der Waals surface area (Å²) in [6.45, 7) is 5.43. The van der Waals surface area contributed by atoms with E-state index in [9.17, 15) is 9.59 Å². The van der Waals surface area contributed by atoms with Crippen molar-refractivity contribution in [2.24, 2.45) is 0 Å². The predicted octanol–water partition coefficient (Wildman–Crippen LogP) is 5.95. The monoisotopic (exact) mass is 409 g/mol. The van der Waals surface area contributed by atoms with E-state index in [4.69, 9.17) is 9.72 Å². The van der Waals surface area contributed by atoms with Crippen LogP contribution in [0.25, 0.3) is 22.2 Å².